The average molecular weight is 333 g/mol. The van der Waals surface area contributed by atoms with E-state index in [-0.39, 0.29) is 11.5 Å². The molecule has 3 aromatic rings. The Morgan fingerprint density at radius 1 is 0.917 bits per heavy atom. The second kappa shape index (κ2) is 6.05. The van der Waals surface area contributed by atoms with Gasteiger partial charge < -0.3 is 15.6 Å². The highest BCUT2D eigenvalue weighted by Gasteiger charge is 2.31. The molecule has 0 aromatic heterocycles. The summed E-state index contributed by atoms with van der Waals surface area (Å²) in [6.45, 7) is 0. The number of phenolic OH excluding ortho intramolecular Hbond substituents is 1. The Morgan fingerprint density at radius 3 is 2.25 bits per heavy atom. The number of fused-ring (bicyclic) bond motifs is 1. The van der Waals surface area contributed by atoms with Crippen LogP contribution in [-0.2, 0) is 0 Å². The van der Waals surface area contributed by atoms with E-state index >= 15 is 0 Å². The summed E-state index contributed by atoms with van der Waals surface area (Å²) in [7, 11) is 0. The van der Waals surface area contributed by atoms with Crippen molar-refractivity contribution in [1.82, 2.24) is 0 Å². The zero-order valence-corrected chi connectivity index (χ0v) is 12.4. The van der Waals surface area contributed by atoms with Crippen LogP contribution in [0.15, 0.2) is 60.7 Å². The molecule has 0 heterocycles. The molecule has 1 atom stereocenters. The smallest absolute Gasteiger partial charge is 0.508 e. The normalized spacial score (nSPS) is 13.0. The van der Waals surface area contributed by atoms with Gasteiger partial charge in [-0.05, 0) is 34.5 Å². The van der Waals surface area contributed by atoms with Crippen molar-refractivity contribution < 1.29 is 23.0 Å². The quantitative estimate of drug-likeness (QED) is 0.742. The fraction of sp³-hybridized carbons (Fsp3) is 0.111. The number of phenols is 1. The minimum atomic E-state index is -4.74. The first-order valence-electron chi connectivity index (χ1n) is 7.17. The Kier molecular flexibility index (Phi) is 4.07. The standard InChI is InChI=1S/C18H14F3NO2/c19-18(20,21)24-13-8-5-12(6-9-13)17(22)16-14-4-2-1-3-11(14)7-10-15(16)23/h1-10,17,23H,22H2/t17-/m0/s1. The highest BCUT2D eigenvalue weighted by Crippen LogP contribution is 2.35. The van der Waals surface area contributed by atoms with Crippen LogP contribution in [0.1, 0.15) is 17.2 Å². The van der Waals surface area contributed by atoms with Crippen LogP contribution in [0.25, 0.3) is 10.8 Å². The van der Waals surface area contributed by atoms with Crippen LogP contribution in [0.3, 0.4) is 0 Å². The third-order valence-electron chi connectivity index (χ3n) is 3.73. The first-order valence-corrected chi connectivity index (χ1v) is 7.17. The molecule has 3 N–H and O–H groups in total. The minimum absolute atomic E-state index is 0.0387. The van der Waals surface area contributed by atoms with Crippen molar-refractivity contribution in [3.8, 4) is 11.5 Å². The molecule has 3 rings (SSSR count). The maximum Gasteiger partial charge on any atom is 0.573 e. The number of alkyl halides is 3. The van der Waals surface area contributed by atoms with Gasteiger partial charge in [0.1, 0.15) is 11.5 Å². The molecule has 0 unspecified atom stereocenters. The molecular weight excluding hydrogens is 319 g/mol. The minimum Gasteiger partial charge on any atom is -0.508 e. The van der Waals surface area contributed by atoms with Crippen molar-refractivity contribution in [2.75, 3.05) is 0 Å². The molecule has 0 aliphatic rings. The molecule has 124 valence electrons. The fourth-order valence-corrected chi connectivity index (χ4v) is 2.65. The van der Waals surface area contributed by atoms with E-state index < -0.39 is 12.4 Å². The van der Waals surface area contributed by atoms with Gasteiger partial charge in [0.25, 0.3) is 0 Å². The zero-order chi connectivity index (χ0) is 17.3. The number of halogens is 3. The van der Waals surface area contributed by atoms with E-state index in [0.29, 0.717) is 11.1 Å². The van der Waals surface area contributed by atoms with Crippen molar-refractivity contribution in [2.45, 2.75) is 12.4 Å². The first-order chi connectivity index (χ1) is 11.3. The second-order valence-corrected chi connectivity index (χ2v) is 5.31. The maximum absolute atomic E-state index is 12.2. The fourth-order valence-electron chi connectivity index (χ4n) is 2.65. The van der Waals surface area contributed by atoms with Gasteiger partial charge >= 0.3 is 6.36 Å². The van der Waals surface area contributed by atoms with E-state index in [2.05, 4.69) is 4.74 Å². The number of aromatic hydroxyl groups is 1. The van der Waals surface area contributed by atoms with Crippen LogP contribution in [0.2, 0.25) is 0 Å². The molecule has 24 heavy (non-hydrogen) atoms. The SMILES string of the molecule is N[C@@H](c1ccc(OC(F)(F)F)cc1)c1c(O)ccc2ccccc12. The highest BCUT2D eigenvalue weighted by molar-refractivity contribution is 5.88. The lowest BCUT2D eigenvalue weighted by atomic mass is 9.93. The van der Waals surface area contributed by atoms with E-state index in [1.54, 1.807) is 12.1 Å². The molecule has 0 amide bonds. The van der Waals surface area contributed by atoms with E-state index in [4.69, 9.17) is 5.73 Å². The monoisotopic (exact) mass is 333 g/mol. The van der Waals surface area contributed by atoms with Gasteiger partial charge in [0.2, 0.25) is 0 Å². The molecular formula is C18H14F3NO2. The van der Waals surface area contributed by atoms with Crippen molar-refractivity contribution in [1.29, 1.82) is 0 Å². The lowest BCUT2D eigenvalue weighted by Crippen LogP contribution is -2.17. The van der Waals surface area contributed by atoms with Gasteiger partial charge in [-0.3, -0.25) is 0 Å². The summed E-state index contributed by atoms with van der Waals surface area (Å²) in [6, 6.07) is 15.4. The first kappa shape index (κ1) is 16.1. The van der Waals surface area contributed by atoms with Crippen LogP contribution >= 0.6 is 0 Å². The second-order valence-electron chi connectivity index (χ2n) is 5.31. The molecule has 0 bridgehead atoms. The molecule has 6 heteroatoms. The van der Waals surface area contributed by atoms with Gasteiger partial charge in [-0.1, -0.05) is 42.5 Å². The lowest BCUT2D eigenvalue weighted by molar-refractivity contribution is -0.274. The third-order valence-corrected chi connectivity index (χ3v) is 3.73. The van der Waals surface area contributed by atoms with E-state index in [1.807, 2.05) is 24.3 Å². The number of hydrogen-bond acceptors (Lipinski definition) is 3. The number of benzene rings is 3. The third kappa shape index (κ3) is 3.28. The molecule has 0 radical (unpaired) electrons. The molecule has 0 aliphatic carbocycles. The topological polar surface area (TPSA) is 55.5 Å². The summed E-state index contributed by atoms with van der Waals surface area (Å²) in [5.74, 6) is -0.280. The predicted molar refractivity (Wildman–Crippen MR) is 84.8 cm³/mol. The largest absolute Gasteiger partial charge is 0.573 e. The van der Waals surface area contributed by atoms with Gasteiger partial charge in [0.05, 0.1) is 6.04 Å². The summed E-state index contributed by atoms with van der Waals surface area (Å²) < 4.78 is 40.5. The summed E-state index contributed by atoms with van der Waals surface area (Å²) in [5, 5.41) is 11.9. The summed E-state index contributed by atoms with van der Waals surface area (Å²) in [6.07, 6.45) is -4.74. The Morgan fingerprint density at radius 2 is 1.58 bits per heavy atom. The van der Waals surface area contributed by atoms with E-state index in [1.165, 1.54) is 24.3 Å². The molecule has 3 aromatic carbocycles. The lowest BCUT2D eigenvalue weighted by Gasteiger charge is -2.17. The molecule has 0 aliphatic heterocycles. The van der Waals surface area contributed by atoms with Crippen LogP contribution in [0, 0.1) is 0 Å². The van der Waals surface area contributed by atoms with Crippen LogP contribution in [0.4, 0.5) is 13.2 Å². The maximum atomic E-state index is 12.2. The van der Waals surface area contributed by atoms with Gasteiger partial charge in [0, 0.05) is 5.56 Å². The highest BCUT2D eigenvalue weighted by atomic mass is 19.4. The van der Waals surface area contributed by atoms with Crippen molar-refractivity contribution in [2.24, 2.45) is 5.73 Å². The zero-order valence-electron chi connectivity index (χ0n) is 12.4. The van der Waals surface area contributed by atoms with E-state index in [0.717, 1.165) is 10.8 Å². The molecule has 0 spiro atoms. The number of nitrogens with two attached hydrogens (primary N) is 1. The van der Waals surface area contributed by atoms with Crippen molar-refractivity contribution in [3.05, 3.63) is 71.8 Å². The number of ether oxygens (including phenoxy) is 1. The number of rotatable bonds is 3. The van der Waals surface area contributed by atoms with Crippen LogP contribution in [0.5, 0.6) is 11.5 Å². The van der Waals surface area contributed by atoms with E-state index in [9.17, 15) is 18.3 Å². The number of hydrogen-bond donors (Lipinski definition) is 2. The summed E-state index contributed by atoms with van der Waals surface area (Å²) in [5.41, 5.74) is 7.33. The molecule has 0 fully saturated rings. The Hall–Kier alpha value is -2.73. The molecule has 0 saturated carbocycles. The molecule has 3 nitrogen and oxygen atoms in total. The average Bonchev–Trinajstić information content (AvgIpc) is 2.53. The van der Waals surface area contributed by atoms with Gasteiger partial charge in [-0.15, -0.1) is 13.2 Å². The summed E-state index contributed by atoms with van der Waals surface area (Å²) in [4.78, 5) is 0. The molecule has 0 saturated heterocycles. The predicted octanol–water partition coefficient (Wildman–Crippen LogP) is 4.49. The van der Waals surface area contributed by atoms with Crippen molar-refractivity contribution in [3.63, 3.8) is 0 Å². The van der Waals surface area contributed by atoms with Crippen LogP contribution in [-0.4, -0.2) is 11.5 Å². The van der Waals surface area contributed by atoms with Gasteiger partial charge in [-0.2, -0.15) is 0 Å². The van der Waals surface area contributed by atoms with Gasteiger partial charge in [0.15, 0.2) is 0 Å². The van der Waals surface area contributed by atoms with Crippen LogP contribution < -0.4 is 10.5 Å². The van der Waals surface area contributed by atoms with Crippen molar-refractivity contribution >= 4 is 10.8 Å². The van der Waals surface area contributed by atoms with Gasteiger partial charge in [-0.25, -0.2) is 0 Å². The Balaban J connectivity index is 1.98. The Bertz CT molecular complexity index is 860. The Labute approximate surface area is 136 Å². The summed E-state index contributed by atoms with van der Waals surface area (Å²) >= 11 is 0.